The molecule has 1 atom stereocenters. The molecule has 0 bridgehead atoms. The lowest BCUT2D eigenvalue weighted by Crippen LogP contribution is -2.38. The molecule has 0 spiro atoms. The standard InChI is InChI=1S/C21H24N4O3/c1-13-5-6-22-20(25-7-9-28-10-8-25)19(13)21(27)23-15-3-4-17-16(12-15)14(2)11-18(26)24-17/h3-6,12,18,26H,7-11H2,1-2H3,(H,23,27). The quantitative estimate of drug-likeness (QED) is 0.829. The number of aliphatic hydroxyl groups is 1. The summed E-state index contributed by atoms with van der Waals surface area (Å²) in [5.41, 5.74) is 3.22. The first kappa shape index (κ1) is 18.6. The predicted octanol–water partition coefficient (Wildman–Crippen LogP) is 0.991. The van der Waals surface area contributed by atoms with E-state index in [1.165, 1.54) is 0 Å². The largest absolute Gasteiger partial charge is 0.378 e. The molecule has 0 aliphatic carbocycles. The van der Waals surface area contributed by atoms with E-state index in [2.05, 4.69) is 20.2 Å². The number of morpholine rings is 1. The van der Waals surface area contributed by atoms with E-state index in [1.54, 1.807) is 6.20 Å². The van der Waals surface area contributed by atoms with E-state index in [9.17, 15) is 9.90 Å². The van der Waals surface area contributed by atoms with Gasteiger partial charge < -0.3 is 20.1 Å². The van der Waals surface area contributed by atoms with Crippen molar-refractivity contribution in [2.45, 2.75) is 26.5 Å². The molecule has 7 nitrogen and oxygen atoms in total. The lowest BCUT2D eigenvalue weighted by molar-refractivity contribution is 0.102. The number of carbonyl (C=O) groups is 1. The number of pyridine rings is 1. The van der Waals surface area contributed by atoms with E-state index in [1.807, 2.05) is 38.1 Å². The third kappa shape index (κ3) is 3.63. The highest BCUT2D eigenvalue weighted by molar-refractivity contribution is 6.08. The second-order valence-electron chi connectivity index (χ2n) is 7.21. The van der Waals surface area contributed by atoms with Gasteiger partial charge in [-0.05, 0) is 43.7 Å². The zero-order valence-corrected chi connectivity index (χ0v) is 16.1. The summed E-state index contributed by atoms with van der Waals surface area (Å²) in [6.45, 7) is 6.59. The maximum atomic E-state index is 13.1. The van der Waals surface area contributed by atoms with Crippen LogP contribution in [0.2, 0.25) is 0 Å². The van der Waals surface area contributed by atoms with Crippen LogP contribution in [0.1, 0.15) is 29.3 Å². The lowest BCUT2D eigenvalue weighted by atomic mass is 10.1. The number of nitrogens with one attached hydrogen (secondary N) is 1. The van der Waals surface area contributed by atoms with Crippen molar-refractivity contribution >= 4 is 23.0 Å². The van der Waals surface area contributed by atoms with Crippen molar-refractivity contribution < 1.29 is 14.6 Å². The van der Waals surface area contributed by atoms with Gasteiger partial charge >= 0.3 is 0 Å². The van der Waals surface area contributed by atoms with Crippen LogP contribution in [0.25, 0.3) is 5.57 Å². The zero-order chi connectivity index (χ0) is 19.7. The van der Waals surface area contributed by atoms with Crippen molar-refractivity contribution in [2.75, 3.05) is 36.5 Å². The fourth-order valence-electron chi connectivity index (χ4n) is 3.69. The van der Waals surface area contributed by atoms with Crippen LogP contribution in [0.15, 0.2) is 35.5 Å². The molecule has 2 N–H and O–H groups in total. The van der Waals surface area contributed by atoms with Gasteiger partial charge in [-0.15, -0.1) is 0 Å². The molecule has 1 aromatic heterocycles. The number of amides is 1. The van der Waals surface area contributed by atoms with Crippen LogP contribution in [0.3, 0.4) is 0 Å². The topological polar surface area (TPSA) is 87.1 Å². The second kappa shape index (κ2) is 7.69. The van der Waals surface area contributed by atoms with Crippen molar-refractivity contribution in [3.63, 3.8) is 0 Å². The molecule has 2 aromatic rings. The Morgan fingerprint density at radius 3 is 2.82 bits per heavy atom. The number of rotatable bonds is 3. The van der Waals surface area contributed by atoms with Gasteiger partial charge in [-0.25, -0.2) is 4.98 Å². The van der Waals surface area contributed by atoms with Crippen molar-refractivity contribution in [1.82, 2.24) is 4.98 Å². The second-order valence-corrected chi connectivity index (χ2v) is 7.21. The zero-order valence-electron chi connectivity index (χ0n) is 16.1. The number of benzene rings is 1. The number of hydrogen-bond acceptors (Lipinski definition) is 6. The van der Waals surface area contributed by atoms with Crippen LogP contribution in [0, 0.1) is 6.92 Å². The van der Waals surface area contributed by atoms with E-state index >= 15 is 0 Å². The number of anilines is 2. The Morgan fingerprint density at radius 2 is 2.04 bits per heavy atom. The van der Waals surface area contributed by atoms with Crippen LogP contribution >= 0.6 is 0 Å². The Balaban J connectivity index is 1.66. The molecular formula is C21H24N4O3. The summed E-state index contributed by atoms with van der Waals surface area (Å²) in [5.74, 6) is 0.511. The monoisotopic (exact) mass is 380 g/mol. The molecule has 0 saturated carbocycles. The normalized spacial score (nSPS) is 19.0. The van der Waals surface area contributed by atoms with Crippen molar-refractivity contribution in [3.8, 4) is 0 Å². The van der Waals surface area contributed by atoms with E-state index in [4.69, 9.17) is 4.74 Å². The highest BCUT2D eigenvalue weighted by Crippen LogP contribution is 2.23. The van der Waals surface area contributed by atoms with E-state index in [0.29, 0.717) is 49.8 Å². The number of aryl methyl sites for hydroxylation is 1. The number of carbonyl (C=O) groups excluding carboxylic acids is 1. The van der Waals surface area contributed by atoms with Crippen molar-refractivity contribution in [2.24, 2.45) is 4.99 Å². The molecule has 1 aromatic carbocycles. The molecule has 1 saturated heterocycles. The molecule has 1 unspecified atom stereocenters. The minimum Gasteiger partial charge on any atom is -0.378 e. The summed E-state index contributed by atoms with van der Waals surface area (Å²) in [4.78, 5) is 24.0. The maximum absolute atomic E-state index is 13.1. The van der Waals surface area contributed by atoms with Crippen LogP contribution in [0.4, 0.5) is 11.5 Å². The third-order valence-corrected chi connectivity index (χ3v) is 5.17. The number of nitrogens with zero attached hydrogens (tertiary/aromatic N) is 3. The van der Waals surface area contributed by atoms with Crippen LogP contribution in [-0.4, -0.2) is 48.5 Å². The molecule has 146 valence electrons. The van der Waals surface area contributed by atoms with Crippen LogP contribution in [0.5, 0.6) is 0 Å². The van der Waals surface area contributed by atoms with Gasteiger partial charge in [-0.3, -0.25) is 9.79 Å². The molecule has 2 aliphatic heterocycles. The summed E-state index contributed by atoms with van der Waals surface area (Å²) in [5, 5.41) is 14.5. The predicted molar refractivity (Wildman–Crippen MR) is 107 cm³/mol. The van der Waals surface area contributed by atoms with Gasteiger partial charge in [0.1, 0.15) is 12.0 Å². The van der Waals surface area contributed by atoms with Gasteiger partial charge in [-0.2, -0.15) is 0 Å². The first-order chi connectivity index (χ1) is 13.5. The summed E-state index contributed by atoms with van der Waals surface area (Å²) in [6, 6.07) is 7.41. The molecule has 7 heteroatoms. The Morgan fingerprint density at radius 1 is 1.25 bits per heavy atom. The molecule has 3 heterocycles. The lowest BCUT2D eigenvalue weighted by Gasteiger charge is -2.29. The van der Waals surface area contributed by atoms with Gasteiger partial charge in [0, 0.05) is 36.6 Å². The minimum absolute atomic E-state index is 0.183. The molecule has 4 rings (SSSR count). The fraction of sp³-hybridized carbons (Fsp3) is 0.381. The highest BCUT2D eigenvalue weighted by atomic mass is 16.5. The number of hydrogen-bond donors (Lipinski definition) is 2. The number of fused-ring (bicyclic) bond motifs is 1. The van der Waals surface area contributed by atoms with E-state index < -0.39 is 6.23 Å². The van der Waals surface area contributed by atoms with Gasteiger partial charge in [0.05, 0.1) is 24.1 Å². The van der Waals surface area contributed by atoms with Gasteiger partial charge in [0.15, 0.2) is 0 Å². The molecular weight excluding hydrogens is 356 g/mol. The smallest absolute Gasteiger partial charge is 0.259 e. The van der Waals surface area contributed by atoms with Gasteiger partial charge in [-0.1, -0.05) is 5.57 Å². The van der Waals surface area contributed by atoms with E-state index in [0.717, 1.165) is 21.7 Å². The molecule has 2 aliphatic rings. The van der Waals surface area contributed by atoms with Gasteiger partial charge in [0.25, 0.3) is 5.91 Å². The van der Waals surface area contributed by atoms with E-state index in [-0.39, 0.29) is 5.91 Å². The average molecular weight is 380 g/mol. The Bertz CT molecular complexity index is 1030. The molecule has 1 fully saturated rings. The molecule has 0 radical (unpaired) electrons. The third-order valence-electron chi connectivity index (χ3n) is 5.17. The van der Waals surface area contributed by atoms with Crippen LogP contribution < -0.4 is 20.8 Å². The average Bonchev–Trinajstić information content (AvgIpc) is 2.69. The Kier molecular flexibility index (Phi) is 5.11. The number of ether oxygens (including phenoxy) is 1. The molecule has 1 amide bonds. The first-order valence-electron chi connectivity index (χ1n) is 9.48. The van der Waals surface area contributed by atoms with Crippen molar-refractivity contribution in [3.05, 3.63) is 52.2 Å². The maximum Gasteiger partial charge on any atom is 0.259 e. The summed E-state index contributed by atoms with van der Waals surface area (Å²) in [6.07, 6.45) is 1.55. The number of aromatic nitrogens is 1. The summed E-state index contributed by atoms with van der Waals surface area (Å²) >= 11 is 0. The van der Waals surface area contributed by atoms with Gasteiger partial charge in [0.2, 0.25) is 0 Å². The summed E-state index contributed by atoms with van der Waals surface area (Å²) in [7, 11) is 0. The van der Waals surface area contributed by atoms with Crippen molar-refractivity contribution in [1.29, 1.82) is 0 Å². The van der Waals surface area contributed by atoms with Crippen LogP contribution in [-0.2, 0) is 4.74 Å². The Labute approximate surface area is 163 Å². The highest BCUT2D eigenvalue weighted by Gasteiger charge is 2.22. The Hall–Kier alpha value is -2.77. The first-order valence-corrected chi connectivity index (χ1v) is 9.48. The number of aliphatic hydroxyl groups excluding tert-OH is 1. The molecule has 28 heavy (non-hydrogen) atoms. The summed E-state index contributed by atoms with van der Waals surface area (Å²) < 4.78 is 5.42. The minimum atomic E-state index is -0.693. The fourth-order valence-corrected chi connectivity index (χ4v) is 3.69. The SMILES string of the molecule is CC1=c2cc(NC(=O)c3c(C)ccnc3N3CCOCC3)ccc2=NC(O)C1.